The smallest absolute Gasteiger partial charge is 0.333 e. The van der Waals surface area contributed by atoms with Crippen molar-refractivity contribution in [1.29, 1.82) is 0 Å². The summed E-state index contributed by atoms with van der Waals surface area (Å²) in [6.45, 7) is 0.563. The Morgan fingerprint density at radius 2 is 1.56 bits per heavy atom. The molecule has 4 rings (SSSR count). The fraction of sp³-hybridized carbons (Fsp3) is 0.379. The van der Waals surface area contributed by atoms with Crippen LogP contribution in [0.15, 0.2) is 59.3 Å². The van der Waals surface area contributed by atoms with Gasteiger partial charge in [0.25, 0.3) is 20.2 Å². The SMILES string of the molecule is O=C(CCCCCNC(=O)N(CCCS(=O)(=O)O)c1ccc2nc(-c3cc[n+](CCCS(=O)(=O)O)cc3)oc2c1)On1c(O)ccc1O. The van der Waals surface area contributed by atoms with Crippen molar-refractivity contribution in [2.45, 2.75) is 45.1 Å². The molecule has 0 aliphatic carbocycles. The number of nitrogens with one attached hydrogen (secondary N) is 1. The molecule has 0 aliphatic heterocycles. The number of unbranched alkanes of at least 4 members (excludes halogenated alkanes) is 2. The van der Waals surface area contributed by atoms with E-state index in [1.165, 1.54) is 17.0 Å². The van der Waals surface area contributed by atoms with Gasteiger partial charge in [-0.3, -0.25) is 14.0 Å². The molecule has 0 spiro atoms. The molecule has 0 saturated heterocycles. The van der Waals surface area contributed by atoms with Gasteiger partial charge in [0.2, 0.25) is 17.7 Å². The van der Waals surface area contributed by atoms with E-state index in [0.29, 0.717) is 58.8 Å². The van der Waals surface area contributed by atoms with Crippen LogP contribution < -0.4 is 19.6 Å². The quantitative estimate of drug-likeness (QED) is 0.0601. The predicted molar refractivity (Wildman–Crippen MR) is 170 cm³/mol. The number of urea groups is 1. The van der Waals surface area contributed by atoms with Crippen molar-refractivity contribution in [3.8, 4) is 23.2 Å². The van der Waals surface area contributed by atoms with Crippen LogP contribution in [0.25, 0.3) is 22.6 Å². The van der Waals surface area contributed by atoms with E-state index in [4.69, 9.17) is 13.8 Å². The summed E-state index contributed by atoms with van der Waals surface area (Å²) in [6.07, 6.45) is 5.07. The highest BCUT2D eigenvalue weighted by Gasteiger charge is 2.19. The van der Waals surface area contributed by atoms with E-state index in [2.05, 4.69) is 10.3 Å². The highest BCUT2D eigenvalue weighted by Crippen LogP contribution is 2.28. The van der Waals surface area contributed by atoms with E-state index < -0.39 is 49.7 Å². The lowest BCUT2D eigenvalue weighted by Crippen LogP contribution is -2.41. The van der Waals surface area contributed by atoms with Gasteiger partial charge < -0.3 is 24.8 Å². The Morgan fingerprint density at radius 1 is 0.896 bits per heavy atom. The summed E-state index contributed by atoms with van der Waals surface area (Å²) in [7, 11) is -8.29. The maximum absolute atomic E-state index is 13.2. The Balaban J connectivity index is 1.35. The van der Waals surface area contributed by atoms with Gasteiger partial charge in [-0.2, -0.15) is 16.8 Å². The Hall–Kier alpha value is -4.72. The molecule has 0 atom stereocenters. The summed E-state index contributed by atoms with van der Waals surface area (Å²) in [4.78, 5) is 35.9. The van der Waals surface area contributed by atoms with Gasteiger partial charge in [-0.15, -0.1) is 4.73 Å². The number of aryl methyl sites for hydroxylation is 1. The molecule has 1 aromatic carbocycles. The Morgan fingerprint density at radius 3 is 2.23 bits per heavy atom. The van der Waals surface area contributed by atoms with E-state index in [1.807, 2.05) is 0 Å². The van der Waals surface area contributed by atoms with Crippen LogP contribution in [-0.2, 0) is 31.6 Å². The van der Waals surface area contributed by atoms with E-state index in [0.717, 1.165) is 0 Å². The lowest BCUT2D eigenvalue weighted by Gasteiger charge is -2.23. The predicted octanol–water partition coefficient (Wildman–Crippen LogP) is 2.28. The summed E-state index contributed by atoms with van der Waals surface area (Å²) in [5.74, 6) is -2.13. The monoisotopic (exact) mass is 710 g/mol. The van der Waals surface area contributed by atoms with Crippen LogP contribution >= 0.6 is 0 Å². The average molecular weight is 711 g/mol. The molecule has 0 saturated carbocycles. The first-order valence-corrected chi connectivity index (χ1v) is 18.1. The zero-order valence-corrected chi connectivity index (χ0v) is 27.3. The first-order chi connectivity index (χ1) is 22.7. The molecule has 3 aromatic heterocycles. The maximum Gasteiger partial charge on any atom is 0.333 e. The molecule has 0 radical (unpaired) electrons. The van der Waals surface area contributed by atoms with Crippen molar-refractivity contribution < 1.29 is 59.6 Å². The lowest BCUT2D eigenvalue weighted by molar-refractivity contribution is -0.696. The summed E-state index contributed by atoms with van der Waals surface area (Å²) in [5.41, 5.74) is 1.88. The maximum atomic E-state index is 13.2. The minimum Gasteiger partial charge on any atom is -0.492 e. The van der Waals surface area contributed by atoms with Crippen molar-refractivity contribution in [3.05, 3.63) is 54.9 Å². The minimum absolute atomic E-state index is 0.00594. The van der Waals surface area contributed by atoms with Crippen LogP contribution in [0.1, 0.15) is 38.5 Å². The van der Waals surface area contributed by atoms with E-state index in [1.54, 1.807) is 47.3 Å². The van der Waals surface area contributed by atoms with Crippen LogP contribution in [0, 0.1) is 0 Å². The second kappa shape index (κ2) is 15.9. The van der Waals surface area contributed by atoms with Gasteiger partial charge in [-0.1, -0.05) is 6.42 Å². The molecule has 48 heavy (non-hydrogen) atoms. The van der Waals surface area contributed by atoms with Gasteiger partial charge in [-0.25, -0.2) is 19.1 Å². The van der Waals surface area contributed by atoms with Gasteiger partial charge in [-0.05, 0) is 31.4 Å². The summed E-state index contributed by atoms with van der Waals surface area (Å²) in [6, 6.07) is 10.1. The number of carbonyl (C=O) groups excluding carboxylic acids is 2. The number of fused-ring (bicyclic) bond motifs is 1. The highest BCUT2D eigenvalue weighted by molar-refractivity contribution is 7.86. The van der Waals surface area contributed by atoms with E-state index >= 15 is 0 Å². The second-order valence-corrected chi connectivity index (χ2v) is 13.9. The first-order valence-electron chi connectivity index (χ1n) is 14.8. The second-order valence-electron chi connectivity index (χ2n) is 10.8. The zero-order chi connectivity index (χ0) is 34.9. The fourth-order valence-corrected chi connectivity index (χ4v) is 5.63. The number of benzene rings is 1. The Labute approximate surface area is 275 Å². The molecule has 4 aromatic rings. The number of hydrogen-bond acceptors (Lipinski definition) is 11. The number of amides is 2. The third-order valence-corrected chi connectivity index (χ3v) is 8.60. The van der Waals surface area contributed by atoms with Crippen molar-refractivity contribution in [2.75, 3.05) is 29.5 Å². The summed E-state index contributed by atoms with van der Waals surface area (Å²) >= 11 is 0. The van der Waals surface area contributed by atoms with Gasteiger partial charge >= 0.3 is 12.0 Å². The van der Waals surface area contributed by atoms with E-state index in [-0.39, 0.29) is 38.1 Å². The third kappa shape index (κ3) is 10.9. The van der Waals surface area contributed by atoms with Crippen LogP contribution in [0.5, 0.6) is 11.8 Å². The molecule has 2 amide bonds. The largest absolute Gasteiger partial charge is 0.492 e. The van der Waals surface area contributed by atoms with E-state index in [9.17, 15) is 41.2 Å². The van der Waals surface area contributed by atoms with Crippen molar-refractivity contribution in [3.63, 3.8) is 0 Å². The zero-order valence-electron chi connectivity index (χ0n) is 25.6. The van der Waals surface area contributed by atoms with Gasteiger partial charge in [0.05, 0.1) is 11.5 Å². The average Bonchev–Trinajstić information content (AvgIpc) is 3.58. The lowest BCUT2D eigenvalue weighted by atomic mass is 10.2. The number of hydrogen-bond donors (Lipinski definition) is 5. The molecule has 260 valence electrons. The van der Waals surface area contributed by atoms with Crippen LogP contribution in [0.2, 0.25) is 0 Å². The van der Waals surface area contributed by atoms with Crippen molar-refractivity contribution >= 4 is 49.0 Å². The number of pyridine rings is 1. The Kier molecular flexibility index (Phi) is 12.0. The third-order valence-electron chi connectivity index (χ3n) is 6.99. The molecule has 0 unspecified atom stereocenters. The van der Waals surface area contributed by atoms with Crippen molar-refractivity contribution in [1.82, 2.24) is 15.0 Å². The molecule has 19 heteroatoms. The highest BCUT2D eigenvalue weighted by atomic mass is 32.2. The summed E-state index contributed by atoms with van der Waals surface area (Å²) in [5, 5.41) is 21.9. The number of anilines is 1. The van der Waals surface area contributed by atoms with Gasteiger partial charge in [0.1, 0.15) is 12.1 Å². The number of carbonyl (C=O) groups is 2. The van der Waals surface area contributed by atoms with Crippen LogP contribution in [0.4, 0.5) is 10.5 Å². The minimum atomic E-state index is -4.25. The molecular weight excluding hydrogens is 674 g/mol. The molecule has 0 fully saturated rings. The molecule has 17 nitrogen and oxygen atoms in total. The van der Waals surface area contributed by atoms with Gasteiger partial charge in [0.15, 0.2) is 18.0 Å². The van der Waals surface area contributed by atoms with Gasteiger partial charge in [0, 0.05) is 67.5 Å². The molecule has 0 bridgehead atoms. The molecule has 0 aliphatic rings. The Bertz CT molecular complexity index is 1920. The number of nitrogens with zero attached hydrogens (tertiary/aromatic N) is 4. The molecular formula is C29H36N5O12S2+. The number of aromatic hydroxyl groups is 2. The first kappa shape index (κ1) is 36.1. The normalized spacial score (nSPS) is 11.9. The fourth-order valence-electron chi connectivity index (χ4n) is 4.64. The van der Waals surface area contributed by atoms with Crippen LogP contribution in [-0.4, -0.2) is 82.5 Å². The molecule has 3 heterocycles. The number of aromatic nitrogens is 3. The van der Waals surface area contributed by atoms with Crippen LogP contribution in [0.3, 0.4) is 0 Å². The topological polar surface area (TPSA) is 243 Å². The number of oxazole rings is 1. The molecule has 5 N–H and O–H groups in total. The van der Waals surface area contributed by atoms with Crippen molar-refractivity contribution in [2.24, 2.45) is 0 Å². The number of rotatable bonds is 17. The summed E-state index contributed by atoms with van der Waals surface area (Å²) < 4.78 is 70.9. The standard InChI is InChI=1S/C29H35N5O12S2/c35-25-9-10-26(36)34(25)46-27(37)6-2-1-3-13-30-29(38)33(15-5-19-48(42,43)44)22-7-8-23-24(20-22)45-28(31-23)21-11-16-32(17-12-21)14-4-18-47(39,40)41/h7-12,16-17,20,31H,1-6,13-15,18-19H2,(H3,30,38,39,40,41,42,43,44)/p+1.